The van der Waals surface area contributed by atoms with Gasteiger partial charge in [0.2, 0.25) is 5.91 Å². The summed E-state index contributed by atoms with van der Waals surface area (Å²) in [6.07, 6.45) is 1.35. The lowest BCUT2D eigenvalue weighted by Gasteiger charge is -2.31. The summed E-state index contributed by atoms with van der Waals surface area (Å²) in [7, 11) is 0. The second-order valence-corrected chi connectivity index (χ2v) is 5.14. The maximum absolute atomic E-state index is 12.2. The summed E-state index contributed by atoms with van der Waals surface area (Å²) in [6, 6.07) is 0. The zero-order valence-corrected chi connectivity index (χ0v) is 11.2. The number of amides is 1. The largest absolute Gasteiger partial charge is 0.480 e. The molecule has 0 aliphatic rings. The van der Waals surface area contributed by atoms with Gasteiger partial charge in [-0.15, -0.1) is 0 Å². The Kier molecular flexibility index (Phi) is 6.16. The minimum Gasteiger partial charge on any atom is -0.480 e. The van der Waals surface area contributed by atoms with Crippen LogP contribution in [0.25, 0.3) is 0 Å². The molecule has 0 rings (SSSR count). The number of carbonyl (C=O) groups is 2. The van der Waals surface area contributed by atoms with E-state index < -0.39 is 11.5 Å². The topological polar surface area (TPSA) is 83.6 Å². The van der Waals surface area contributed by atoms with Crippen LogP contribution in [0.3, 0.4) is 0 Å². The number of nitrogens with zero attached hydrogens (tertiary/aromatic N) is 1. The molecule has 0 aromatic heterocycles. The van der Waals surface area contributed by atoms with Crippen LogP contribution in [0.5, 0.6) is 0 Å². The van der Waals surface area contributed by atoms with Gasteiger partial charge < -0.3 is 15.7 Å². The van der Waals surface area contributed by atoms with Crippen LogP contribution >= 0.6 is 0 Å². The fourth-order valence-electron chi connectivity index (χ4n) is 1.81. The summed E-state index contributed by atoms with van der Waals surface area (Å²) >= 11 is 0. The zero-order valence-electron chi connectivity index (χ0n) is 11.2. The average Bonchev–Trinajstić information content (AvgIpc) is 2.13. The van der Waals surface area contributed by atoms with Crippen LogP contribution in [0.1, 0.15) is 40.5 Å². The summed E-state index contributed by atoms with van der Waals surface area (Å²) in [5.74, 6) is -1.07. The quantitative estimate of drug-likeness (QED) is 0.701. The van der Waals surface area contributed by atoms with E-state index in [0.717, 1.165) is 6.42 Å². The van der Waals surface area contributed by atoms with Crippen molar-refractivity contribution in [3.05, 3.63) is 0 Å². The molecule has 0 saturated carbocycles. The van der Waals surface area contributed by atoms with Crippen molar-refractivity contribution < 1.29 is 14.7 Å². The zero-order chi connectivity index (χ0) is 13.6. The molecule has 0 radical (unpaired) electrons. The molecule has 0 saturated heterocycles. The summed E-state index contributed by atoms with van der Waals surface area (Å²) in [5, 5.41) is 8.81. The second kappa shape index (κ2) is 6.59. The Morgan fingerprint density at radius 3 is 2.29 bits per heavy atom. The Bertz CT molecular complexity index is 275. The number of hydrogen-bond acceptors (Lipinski definition) is 3. The molecule has 0 heterocycles. The monoisotopic (exact) mass is 244 g/mol. The van der Waals surface area contributed by atoms with Crippen LogP contribution in [0.15, 0.2) is 0 Å². The third-order valence-electron chi connectivity index (χ3n) is 2.46. The van der Waals surface area contributed by atoms with Gasteiger partial charge in [0.1, 0.15) is 6.54 Å². The van der Waals surface area contributed by atoms with Crippen LogP contribution in [0.4, 0.5) is 0 Å². The van der Waals surface area contributed by atoms with Crippen molar-refractivity contribution in [2.75, 3.05) is 13.1 Å². The van der Waals surface area contributed by atoms with Crippen molar-refractivity contribution in [2.24, 2.45) is 11.7 Å². The minimum absolute atomic E-state index is 0.218. The van der Waals surface area contributed by atoms with Gasteiger partial charge in [-0.2, -0.15) is 0 Å². The van der Waals surface area contributed by atoms with Crippen LogP contribution in [0, 0.1) is 5.92 Å². The number of carbonyl (C=O) groups excluding carboxylic acids is 1. The predicted molar refractivity (Wildman–Crippen MR) is 66.6 cm³/mol. The molecular formula is C12H24N2O3. The maximum atomic E-state index is 12.2. The summed E-state index contributed by atoms with van der Waals surface area (Å²) in [6.45, 7) is 7.62. The molecular weight excluding hydrogens is 220 g/mol. The van der Waals surface area contributed by atoms with Crippen LogP contribution in [0.2, 0.25) is 0 Å². The molecule has 100 valence electrons. The number of hydrogen-bond donors (Lipinski definition) is 2. The van der Waals surface area contributed by atoms with Gasteiger partial charge in [0, 0.05) is 6.54 Å². The summed E-state index contributed by atoms with van der Waals surface area (Å²) in [5.41, 5.74) is 4.97. The van der Waals surface area contributed by atoms with E-state index in [1.165, 1.54) is 4.90 Å². The molecule has 17 heavy (non-hydrogen) atoms. The average molecular weight is 244 g/mol. The molecule has 0 aromatic rings. The normalized spacial score (nSPS) is 14.5. The molecule has 0 aliphatic carbocycles. The Morgan fingerprint density at radius 2 is 1.94 bits per heavy atom. The summed E-state index contributed by atoms with van der Waals surface area (Å²) in [4.78, 5) is 24.2. The third kappa shape index (κ3) is 5.68. The number of carboxylic acids is 1. The SMILES string of the molecule is CCCC(C)(N)C(=O)N(CC(=O)O)CC(C)C. The first-order valence-corrected chi connectivity index (χ1v) is 6.00. The fourth-order valence-corrected chi connectivity index (χ4v) is 1.81. The number of carboxylic acid groups (broad SMARTS) is 1. The van der Waals surface area contributed by atoms with Crippen molar-refractivity contribution in [3.63, 3.8) is 0 Å². The van der Waals surface area contributed by atoms with Gasteiger partial charge in [0.25, 0.3) is 0 Å². The molecule has 0 aromatic carbocycles. The van der Waals surface area contributed by atoms with Crippen LogP contribution in [-0.4, -0.2) is 40.5 Å². The van der Waals surface area contributed by atoms with Crippen LogP contribution in [-0.2, 0) is 9.59 Å². The minimum atomic E-state index is -1.01. The molecule has 0 aliphatic heterocycles. The van der Waals surface area contributed by atoms with Crippen LogP contribution < -0.4 is 5.73 Å². The van der Waals surface area contributed by atoms with Gasteiger partial charge in [-0.1, -0.05) is 27.2 Å². The van der Waals surface area contributed by atoms with E-state index in [-0.39, 0.29) is 18.4 Å². The lowest BCUT2D eigenvalue weighted by molar-refractivity contribution is -0.147. The number of nitrogens with two attached hydrogens (primary N) is 1. The van der Waals surface area contributed by atoms with Crippen molar-refractivity contribution in [1.29, 1.82) is 0 Å². The lowest BCUT2D eigenvalue weighted by atomic mass is 9.95. The van der Waals surface area contributed by atoms with Gasteiger partial charge in [0.15, 0.2) is 0 Å². The molecule has 1 amide bonds. The molecule has 1 atom stereocenters. The van der Waals surface area contributed by atoms with Gasteiger partial charge >= 0.3 is 5.97 Å². The molecule has 0 fully saturated rings. The van der Waals surface area contributed by atoms with Crippen molar-refractivity contribution in [2.45, 2.75) is 46.1 Å². The maximum Gasteiger partial charge on any atom is 0.323 e. The van der Waals surface area contributed by atoms with E-state index in [1.54, 1.807) is 6.92 Å². The molecule has 3 N–H and O–H groups in total. The van der Waals surface area contributed by atoms with E-state index in [4.69, 9.17) is 10.8 Å². The molecule has 0 bridgehead atoms. The highest BCUT2D eigenvalue weighted by Crippen LogP contribution is 2.14. The highest BCUT2D eigenvalue weighted by atomic mass is 16.4. The summed E-state index contributed by atoms with van der Waals surface area (Å²) < 4.78 is 0. The molecule has 5 heteroatoms. The van der Waals surface area contributed by atoms with Gasteiger partial charge in [-0.3, -0.25) is 9.59 Å². The van der Waals surface area contributed by atoms with Gasteiger partial charge in [-0.05, 0) is 19.3 Å². The van der Waals surface area contributed by atoms with Crippen molar-refractivity contribution in [3.8, 4) is 0 Å². The molecule has 0 spiro atoms. The highest BCUT2D eigenvalue weighted by molar-refractivity contribution is 5.88. The Hall–Kier alpha value is -1.10. The van der Waals surface area contributed by atoms with E-state index >= 15 is 0 Å². The fraction of sp³-hybridized carbons (Fsp3) is 0.833. The van der Waals surface area contributed by atoms with E-state index in [0.29, 0.717) is 13.0 Å². The number of rotatable bonds is 7. The van der Waals surface area contributed by atoms with E-state index in [2.05, 4.69) is 0 Å². The van der Waals surface area contributed by atoms with E-state index in [1.807, 2.05) is 20.8 Å². The Morgan fingerprint density at radius 1 is 1.41 bits per heavy atom. The Balaban J connectivity index is 4.78. The van der Waals surface area contributed by atoms with E-state index in [9.17, 15) is 9.59 Å². The van der Waals surface area contributed by atoms with Crippen molar-refractivity contribution in [1.82, 2.24) is 4.90 Å². The first kappa shape index (κ1) is 15.9. The first-order valence-electron chi connectivity index (χ1n) is 6.00. The van der Waals surface area contributed by atoms with Gasteiger partial charge in [-0.25, -0.2) is 0 Å². The smallest absolute Gasteiger partial charge is 0.323 e. The number of aliphatic carboxylic acids is 1. The Labute approximate surface area is 103 Å². The van der Waals surface area contributed by atoms with Crippen molar-refractivity contribution >= 4 is 11.9 Å². The predicted octanol–water partition coefficient (Wildman–Crippen LogP) is 1.07. The highest BCUT2D eigenvalue weighted by Gasteiger charge is 2.32. The third-order valence-corrected chi connectivity index (χ3v) is 2.46. The molecule has 5 nitrogen and oxygen atoms in total. The van der Waals surface area contributed by atoms with Gasteiger partial charge in [0.05, 0.1) is 5.54 Å². The second-order valence-electron chi connectivity index (χ2n) is 5.14. The molecule has 1 unspecified atom stereocenters. The standard InChI is InChI=1S/C12H24N2O3/c1-5-6-12(4,13)11(17)14(7-9(2)3)8-10(15)16/h9H,5-8,13H2,1-4H3,(H,15,16). The first-order chi connectivity index (χ1) is 7.70. The lowest BCUT2D eigenvalue weighted by Crippen LogP contribution is -2.55.